The van der Waals surface area contributed by atoms with E-state index in [0.29, 0.717) is 5.78 Å². The third kappa shape index (κ3) is 1.90. The van der Waals surface area contributed by atoms with Crippen molar-refractivity contribution in [3.8, 4) is 0 Å². The Morgan fingerprint density at radius 2 is 2.05 bits per heavy atom. The maximum absolute atomic E-state index is 12.9. The topological polar surface area (TPSA) is 22.0 Å². The van der Waals surface area contributed by atoms with Crippen molar-refractivity contribution in [2.75, 3.05) is 0 Å². The highest BCUT2D eigenvalue weighted by atomic mass is 16.1. The molecule has 1 saturated carbocycles. The van der Waals surface area contributed by atoms with Gasteiger partial charge in [0.05, 0.1) is 0 Å². The van der Waals surface area contributed by atoms with Crippen LogP contribution in [0.4, 0.5) is 0 Å². The van der Waals surface area contributed by atoms with Crippen LogP contribution in [0.15, 0.2) is 30.5 Å². The average Bonchev–Trinajstić information content (AvgIpc) is 2.90. The SMILES string of the molecule is Cn1cc(C(=O)C2CCCC2(C)C)c2ccccc21. The molecule has 0 N–H and O–H groups in total. The molecule has 3 rings (SSSR count). The predicted octanol–water partition coefficient (Wildman–Crippen LogP) is 4.19. The second-order valence-electron chi connectivity index (χ2n) is 6.47. The lowest BCUT2D eigenvalue weighted by Gasteiger charge is -2.25. The van der Waals surface area contributed by atoms with Gasteiger partial charge in [-0.15, -0.1) is 0 Å². The van der Waals surface area contributed by atoms with Crippen molar-refractivity contribution in [1.29, 1.82) is 0 Å². The lowest BCUT2D eigenvalue weighted by Crippen LogP contribution is -2.25. The molecule has 0 spiro atoms. The summed E-state index contributed by atoms with van der Waals surface area (Å²) >= 11 is 0. The van der Waals surface area contributed by atoms with Crippen LogP contribution in [0.1, 0.15) is 43.5 Å². The van der Waals surface area contributed by atoms with Gasteiger partial charge in [-0.3, -0.25) is 4.79 Å². The van der Waals surface area contributed by atoms with E-state index in [1.165, 1.54) is 6.42 Å². The van der Waals surface area contributed by atoms with Crippen LogP contribution in [-0.2, 0) is 7.05 Å². The monoisotopic (exact) mass is 255 g/mol. The third-order valence-electron chi connectivity index (χ3n) is 4.74. The second-order valence-corrected chi connectivity index (χ2v) is 6.47. The molecule has 2 aromatic rings. The number of para-hydroxylation sites is 1. The van der Waals surface area contributed by atoms with Gasteiger partial charge in [-0.25, -0.2) is 0 Å². The van der Waals surface area contributed by atoms with Crippen molar-refractivity contribution < 1.29 is 4.79 Å². The van der Waals surface area contributed by atoms with E-state index in [0.717, 1.165) is 29.3 Å². The van der Waals surface area contributed by atoms with Gasteiger partial charge in [-0.1, -0.05) is 38.5 Å². The minimum Gasteiger partial charge on any atom is -0.350 e. The number of carbonyl (C=O) groups excluding carboxylic acids is 1. The Morgan fingerprint density at radius 3 is 2.74 bits per heavy atom. The molecule has 0 bridgehead atoms. The summed E-state index contributed by atoms with van der Waals surface area (Å²) in [5.74, 6) is 0.512. The first-order chi connectivity index (χ1) is 9.00. The fourth-order valence-corrected chi connectivity index (χ4v) is 3.54. The van der Waals surface area contributed by atoms with Gasteiger partial charge < -0.3 is 4.57 Å². The van der Waals surface area contributed by atoms with E-state index in [1.54, 1.807) is 0 Å². The molecule has 1 aromatic heterocycles. The molecule has 100 valence electrons. The highest BCUT2D eigenvalue weighted by molar-refractivity contribution is 6.09. The van der Waals surface area contributed by atoms with Crippen molar-refractivity contribution >= 4 is 16.7 Å². The fraction of sp³-hybridized carbons (Fsp3) is 0.471. The Balaban J connectivity index is 2.08. The Bertz CT molecular complexity index is 636. The van der Waals surface area contributed by atoms with Crippen molar-refractivity contribution in [3.63, 3.8) is 0 Å². The van der Waals surface area contributed by atoms with Crippen molar-refractivity contribution in [1.82, 2.24) is 4.57 Å². The largest absolute Gasteiger partial charge is 0.350 e. The van der Waals surface area contributed by atoms with Crippen LogP contribution >= 0.6 is 0 Å². The zero-order valence-corrected chi connectivity index (χ0v) is 11.9. The number of hydrogen-bond acceptors (Lipinski definition) is 1. The van der Waals surface area contributed by atoms with Gasteiger partial charge in [0.1, 0.15) is 0 Å². The summed E-state index contributed by atoms with van der Waals surface area (Å²) in [5, 5.41) is 1.10. The number of Topliss-reactive ketones (excluding diaryl/α,β-unsaturated/α-hetero) is 1. The molecule has 0 saturated heterocycles. The summed E-state index contributed by atoms with van der Waals surface area (Å²) in [6.45, 7) is 4.46. The standard InChI is InChI=1S/C17H21NO/c1-17(2)10-6-8-14(17)16(19)13-11-18(3)15-9-5-4-7-12(13)15/h4-5,7,9,11,14H,6,8,10H2,1-3H3. The normalized spacial score (nSPS) is 21.9. The fourth-order valence-electron chi connectivity index (χ4n) is 3.54. The van der Waals surface area contributed by atoms with Crippen LogP contribution < -0.4 is 0 Å². The zero-order chi connectivity index (χ0) is 13.6. The maximum atomic E-state index is 12.9. The van der Waals surface area contributed by atoms with Crippen LogP contribution in [0, 0.1) is 11.3 Å². The molecule has 1 unspecified atom stereocenters. The molecule has 2 nitrogen and oxygen atoms in total. The Morgan fingerprint density at radius 1 is 1.32 bits per heavy atom. The number of fused-ring (bicyclic) bond motifs is 1. The van der Waals surface area contributed by atoms with Gasteiger partial charge in [0.15, 0.2) is 5.78 Å². The maximum Gasteiger partial charge on any atom is 0.168 e. The zero-order valence-electron chi connectivity index (χ0n) is 11.9. The van der Waals surface area contributed by atoms with Crippen LogP contribution in [-0.4, -0.2) is 10.4 Å². The lowest BCUT2D eigenvalue weighted by atomic mass is 9.78. The van der Waals surface area contributed by atoms with Gasteiger partial charge in [0, 0.05) is 35.6 Å². The average molecular weight is 255 g/mol. The summed E-state index contributed by atoms with van der Waals surface area (Å²) in [4.78, 5) is 12.9. The molecule has 1 atom stereocenters. The number of aryl methyl sites for hydroxylation is 1. The molecule has 0 aliphatic heterocycles. The highest BCUT2D eigenvalue weighted by Gasteiger charge is 2.40. The minimum absolute atomic E-state index is 0.147. The van der Waals surface area contributed by atoms with Gasteiger partial charge in [0.2, 0.25) is 0 Å². The van der Waals surface area contributed by atoms with Crippen LogP contribution in [0.25, 0.3) is 10.9 Å². The Kier molecular flexibility index (Phi) is 2.77. The lowest BCUT2D eigenvalue weighted by molar-refractivity contribution is 0.0841. The molecule has 1 aliphatic carbocycles. The number of carbonyl (C=O) groups is 1. The summed E-state index contributed by atoms with van der Waals surface area (Å²) in [6, 6.07) is 8.17. The molecule has 1 aromatic carbocycles. The summed E-state index contributed by atoms with van der Waals surface area (Å²) in [5.41, 5.74) is 2.19. The van der Waals surface area contributed by atoms with E-state index in [9.17, 15) is 4.79 Å². The molecular formula is C17H21NO. The molecule has 0 amide bonds. The smallest absolute Gasteiger partial charge is 0.168 e. The van der Waals surface area contributed by atoms with Crippen LogP contribution in [0.3, 0.4) is 0 Å². The van der Waals surface area contributed by atoms with E-state index in [-0.39, 0.29) is 11.3 Å². The first kappa shape index (κ1) is 12.5. The molecular weight excluding hydrogens is 234 g/mol. The van der Waals surface area contributed by atoms with E-state index in [2.05, 4.69) is 30.5 Å². The molecule has 1 fully saturated rings. The Labute approximate surface area is 114 Å². The van der Waals surface area contributed by atoms with Gasteiger partial charge in [-0.05, 0) is 24.3 Å². The third-order valence-corrected chi connectivity index (χ3v) is 4.74. The molecule has 1 aliphatic rings. The number of benzene rings is 1. The first-order valence-corrected chi connectivity index (χ1v) is 7.09. The first-order valence-electron chi connectivity index (χ1n) is 7.09. The quantitative estimate of drug-likeness (QED) is 0.738. The van der Waals surface area contributed by atoms with E-state index < -0.39 is 0 Å². The predicted molar refractivity (Wildman–Crippen MR) is 78.4 cm³/mol. The molecule has 1 heterocycles. The van der Waals surface area contributed by atoms with Gasteiger partial charge >= 0.3 is 0 Å². The number of ketones is 1. The number of hydrogen-bond donors (Lipinski definition) is 0. The van der Waals surface area contributed by atoms with Crippen molar-refractivity contribution in [3.05, 3.63) is 36.0 Å². The molecule has 2 heteroatoms. The van der Waals surface area contributed by atoms with Crippen LogP contribution in [0.5, 0.6) is 0 Å². The van der Waals surface area contributed by atoms with Crippen molar-refractivity contribution in [2.45, 2.75) is 33.1 Å². The highest BCUT2D eigenvalue weighted by Crippen LogP contribution is 2.44. The van der Waals surface area contributed by atoms with Gasteiger partial charge in [-0.2, -0.15) is 0 Å². The summed E-state index contributed by atoms with van der Waals surface area (Å²) in [6.07, 6.45) is 5.37. The van der Waals surface area contributed by atoms with E-state index >= 15 is 0 Å². The summed E-state index contributed by atoms with van der Waals surface area (Å²) < 4.78 is 2.06. The van der Waals surface area contributed by atoms with E-state index in [1.807, 2.05) is 25.4 Å². The second kappa shape index (κ2) is 4.22. The molecule has 0 radical (unpaired) electrons. The summed E-state index contributed by atoms with van der Waals surface area (Å²) in [7, 11) is 2.01. The number of rotatable bonds is 2. The molecule has 19 heavy (non-hydrogen) atoms. The minimum atomic E-state index is 0.147. The Hall–Kier alpha value is -1.57. The van der Waals surface area contributed by atoms with E-state index in [4.69, 9.17) is 0 Å². The van der Waals surface area contributed by atoms with Crippen molar-refractivity contribution in [2.24, 2.45) is 18.4 Å². The number of aromatic nitrogens is 1. The van der Waals surface area contributed by atoms with Crippen LogP contribution in [0.2, 0.25) is 0 Å². The number of nitrogens with zero attached hydrogens (tertiary/aromatic N) is 1. The van der Waals surface area contributed by atoms with Gasteiger partial charge in [0.25, 0.3) is 0 Å².